The Morgan fingerprint density at radius 2 is 2.00 bits per heavy atom. The van der Waals surface area contributed by atoms with Crippen molar-refractivity contribution in [3.63, 3.8) is 0 Å². The molecule has 0 radical (unpaired) electrons. The highest BCUT2D eigenvalue weighted by Crippen LogP contribution is 2.23. The van der Waals surface area contributed by atoms with Crippen LogP contribution in [0.15, 0.2) is 40.9 Å². The fourth-order valence-corrected chi connectivity index (χ4v) is 2.94. The van der Waals surface area contributed by atoms with Gasteiger partial charge in [0.2, 0.25) is 0 Å². The molecule has 0 saturated carbocycles. The van der Waals surface area contributed by atoms with E-state index in [1.54, 1.807) is 24.3 Å². The van der Waals surface area contributed by atoms with E-state index >= 15 is 0 Å². The summed E-state index contributed by atoms with van der Waals surface area (Å²) in [6, 6.07) is 9.16. The smallest absolute Gasteiger partial charge is 0.255 e. The van der Waals surface area contributed by atoms with Crippen LogP contribution in [0.2, 0.25) is 5.02 Å². The summed E-state index contributed by atoms with van der Waals surface area (Å²) < 4.78 is 14.6. The molecule has 98 valence electrons. The van der Waals surface area contributed by atoms with Gasteiger partial charge in [0, 0.05) is 18.6 Å². The van der Waals surface area contributed by atoms with Crippen molar-refractivity contribution in [2.45, 2.75) is 0 Å². The predicted octanol–water partition coefficient (Wildman–Crippen LogP) is 5.10. The van der Waals surface area contributed by atoms with Crippen LogP contribution in [-0.4, -0.2) is 5.91 Å². The van der Waals surface area contributed by atoms with Crippen LogP contribution in [0.1, 0.15) is 10.4 Å². The molecule has 0 aromatic heterocycles. The Balaban J connectivity index is 2.25. The number of nitrogens with one attached hydrogen (secondary N) is 1. The first kappa shape index (κ1) is 14.7. The molecule has 0 fully saturated rings. The monoisotopic (exact) mass is 453 g/mol. The molecule has 1 amide bonds. The number of carbonyl (C=O) groups excluding carboxylic acids is 1. The predicted molar refractivity (Wildman–Crippen MR) is 86.2 cm³/mol. The third-order valence-electron chi connectivity index (χ3n) is 2.30. The summed E-state index contributed by atoms with van der Waals surface area (Å²) in [7, 11) is 0. The first-order valence-corrected chi connectivity index (χ1v) is 7.43. The van der Waals surface area contributed by atoms with Crippen LogP contribution in [0.5, 0.6) is 0 Å². The molecule has 2 rings (SSSR count). The summed E-state index contributed by atoms with van der Waals surface area (Å²) in [6.07, 6.45) is 0. The van der Waals surface area contributed by atoms with Gasteiger partial charge in [-0.25, -0.2) is 4.39 Å². The molecule has 0 aliphatic heterocycles. The fraction of sp³-hybridized carbons (Fsp3) is 0. The third-order valence-corrected chi connectivity index (χ3v) is 3.89. The maximum absolute atomic E-state index is 13.2. The average Bonchev–Trinajstić information content (AvgIpc) is 2.31. The fourth-order valence-electron chi connectivity index (χ4n) is 1.47. The van der Waals surface area contributed by atoms with Crippen molar-refractivity contribution >= 4 is 61.7 Å². The highest BCUT2D eigenvalue weighted by Gasteiger charge is 2.10. The summed E-state index contributed by atoms with van der Waals surface area (Å²) in [5.41, 5.74) is 0.882. The number of hydrogen-bond acceptors (Lipinski definition) is 1. The third kappa shape index (κ3) is 3.90. The highest BCUT2D eigenvalue weighted by atomic mass is 127. The lowest BCUT2D eigenvalue weighted by Crippen LogP contribution is -2.13. The average molecular weight is 454 g/mol. The van der Waals surface area contributed by atoms with Gasteiger partial charge >= 0.3 is 0 Å². The molecule has 0 aliphatic carbocycles. The molecule has 1 N–H and O–H groups in total. The molecule has 0 atom stereocenters. The van der Waals surface area contributed by atoms with E-state index in [0.29, 0.717) is 15.2 Å². The summed E-state index contributed by atoms with van der Waals surface area (Å²) >= 11 is 11.1. The number of halogens is 4. The number of hydrogen-bond donors (Lipinski definition) is 1. The highest BCUT2D eigenvalue weighted by molar-refractivity contribution is 14.1. The summed E-state index contributed by atoms with van der Waals surface area (Å²) in [5, 5.41) is 3.31. The van der Waals surface area contributed by atoms with Crippen molar-refractivity contribution in [2.24, 2.45) is 0 Å². The van der Waals surface area contributed by atoms with Crippen molar-refractivity contribution in [1.82, 2.24) is 0 Å². The second kappa shape index (κ2) is 6.19. The molecule has 2 aromatic carbocycles. The quantitative estimate of drug-likeness (QED) is 0.629. The molecule has 0 saturated heterocycles. The van der Waals surface area contributed by atoms with E-state index in [0.717, 1.165) is 3.57 Å². The lowest BCUT2D eigenvalue weighted by molar-refractivity contribution is 0.102. The van der Waals surface area contributed by atoms with Crippen LogP contribution in [0.3, 0.4) is 0 Å². The van der Waals surface area contributed by atoms with E-state index in [-0.39, 0.29) is 11.5 Å². The normalized spacial score (nSPS) is 10.3. The van der Waals surface area contributed by atoms with Crippen LogP contribution in [0.4, 0.5) is 10.1 Å². The minimum Gasteiger partial charge on any atom is -0.321 e. The minimum absolute atomic E-state index is 0.248. The number of rotatable bonds is 2. The van der Waals surface area contributed by atoms with Gasteiger partial charge in [0.15, 0.2) is 0 Å². The van der Waals surface area contributed by atoms with Crippen molar-refractivity contribution in [3.8, 4) is 0 Å². The molecular weight excluding hydrogens is 447 g/mol. The maximum atomic E-state index is 13.2. The Kier molecular flexibility index (Phi) is 4.81. The van der Waals surface area contributed by atoms with E-state index in [4.69, 9.17) is 11.6 Å². The van der Waals surface area contributed by atoms with Gasteiger partial charge in [-0.15, -0.1) is 0 Å². The van der Waals surface area contributed by atoms with Crippen molar-refractivity contribution in [2.75, 3.05) is 5.32 Å². The van der Waals surface area contributed by atoms with Gasteiger partial charge in [0.05, 0.1) is 5.69 Å². The Labute approximate surface area is 136 Å². The number of carbonyl (C=O) groups is 1. The topological polar surface area (TPSA) is 29.1 Å². The molecule has 0 bridgehead atoms. The summed E-state index contributed by atoms with van der Waals surface area (Å²) in [5.74, 6) is -0.842. The zero-order valence-electron chi connectivity index (χ0n) is 9.38. The van der Waals surface area contributed by atoms with E-state index in [2.05, 4.69) is 43.8 Å². The van der Waals surface area contributed by atoms with E-state index < -0.39 is 5.82 Å². The van der Waals surface area contributed by atoms with E-state index in [1.807, 2.05) is 0 Å². The van der Waals surface area contributed by atoms with E-state index in [9.17, 15) is 9.18 Å². The molecule has 2 aromatic rings. The molecule has 6 heteroatoms. The van der Waals surface area contributed by atoms with Gasteiger partial charge in [0.1, 0.15) is 5.82 Å². The Hall–Kier alpha value is -0.660. The molecular formula is C13H7BrClFINO. The minimum atomic E-state index is -0.467. The lowest BCUT2D eigenvalue weighted by atomic mass is 10.2. The summed E-state index contributed by atoms with van der Waals surface area (Å²) in [4.78, 5) is 12.0. The van der Waals surface area contributed by atoms with E-state index in [1.165, 1.54) is 12.1 Å². The van der Waals surface area contributed by atoms with Crippen molar-refractivity contribution in [3.05, 3.63) is 60.8 Å². The largest absolute Gasteiger partial charge is 0.321 e. The lowest BCUT2D eigenvalue weighted by Gasteiger charge is -2.08. The van der Waals surface area contributed by atoms with Crippen LogP contribution in [0.25, 0.3) is 0 Å². The summed E-state index contributed by atoms with van der Waals surface area (Å²) in [6.45, 7) is 0. The van der Waals surface area contributed by atoms with Gasteiger partial charge in [-0.2, -0.15) is 0 Å². The van der Waals surface area contributed by atoms with Gasteiger partial charge in [0.25, 0.3) is 5.91 Å². The number of anilines is 1. The molecule has 2 nitrogen and oxygen atoms in total. The second-order valence-corrected chi connectivity index (χ2v) is 6.25. The molecule has 19 heavy (non-hydrogen) atoms. The van der Waals surface area contributed by atoms with Gasteiger partial charge in [-0.1, -0.05) is 27.5 Å². The Morgan fingerprint density at radius 1 is 1.26 bits per heavy atom. The molecule has 0 aliphatic rings. The Morgan fingerprint density at radius 3 is 2.63 bits per heavy atom. The van der Waals surface area contributed by atoms with Crippen LogP contribution in [-0.2, 0) is 0 Å². The van der Waals surface area contributed by atoms with Crippen molar-refractivity contribution in [1.29, 1.82) is 0 Å². The SMILES string of the molecule is O=C(Nc1ccc(Cl)cc1I)c1cc(F)cc(Br)c1. The standard InChI is InChI=1S/C13H7BrClFINO/c14-8-3-7(4-10(16)5-8)13(19)18-12-2-1-9(15)6-11(12)17/h1-6H,(H,18,19). The molecule has 0 unspecified atom stereocenters. The first-order valence-electron chi connectivity index (χ1n) is 5.18. The molecule has 0 spiro atoms. The van der Waals surface area contributed by atoms with Crippen LogP contribution >= 0.6 is 50.1 Å². The van der Waals surface area contributed by atoms with Crippen LogP contribution < -0.4 is 5.32 Å². The second-order valence-electron chi connectivity index (χ2n) is 3.74. The van der Waals surface area contributed by atoms with Crippen molar-refractivity contribution < 1.29 is 9.18 Å². The van der Waals surface area contributed by atoms with Gasteiger partial charge in [-0.3, -0.25) is 4.79 Å². The number of amides is 1. The molecule has 0 heterocycles. The first-order chi connectivity index (χ1) is 8.95. The maximum Gasteiger partial charge on any atom is 0.255 e. The number of benzene rings is 2. The van der Waals surface area contributed by atoms with Gasteiger partial charge < -0.3 is 5.32 Å². The zero-order valence-corrected chi connectivity index (χ0v) is 13.9. The zero-order chi connectivity index (χ0) is 14.0. The van der Waals surface area contributed by atoms with Gasteiger partial charge in [-0.05, 0) is 59.0 Å². The Bertz CT molecular complexity index is 630. The van der Waals surface area contributed by atoms with Crippen LogP contribution in [0, 0.1) is 9.39 Å².